The number of hydrogen-bond acceptors (Lipinski definition) is 5. The summed E-state index contributed by atoms with van der Waals surface area (Å²) in [5.74, 6) is -2.14. The van der Waals surface area contributed by atoms with E-state index in [0.29, 0.717) is 16.1 Å². The number of amides is 7. The molecule has 3 N–H and O–H groups in total. The van der Waals surface area contributed by atoms with Crippen LogP contribution in [0.3, 0.4) is 0 Å². The van der Waals surface area contributed by atoms with Crippen molar-refractivity contribution >= 4 is 40.6 Å². The highest BCUT2D eigenvalue weighted by molar-refractivity contribution is 6.11. The van der Waals surface area contributed by atoms with Crippen LogP contribution in [0.5, 0.6) is 0 Å². The third-order valence-corrected chi connectivity index (χ3v) is 7.03. The number of rotatable bonds is 6. The van der Waals surface area contributed by atoms with Gasteiger partial charge >= 0.3 is 12.1 Å². The number of fused-ring (bicyclic) bond motifs is 1. The highest BCUT2D eigenvalue weighted by Crippen LogP contribution is 2.32. The summed E-state index contributed by atoms with van der Waals surface area (Å²) in [5.41, 5.74) is 0.685. The lowest BCUT2D eigenvalue weighted by atomic mass is 9.87. The molecule has 0 unspecified atom stereocenters. The number of urea groups is 2. The van der Waals surface area contributed by atoms with E-state index in [0.717, 1.165) is 15.7 Å². The maximum absolute atomic E-state index is 13.3. The van der Waals surface area contributed by atoms with E-state index in [1.54, 1.807) is 50.2 Å². The van der Waals surface area contributed by atoms with E-state index >= 15 is 0 Å². The highest BCUT2D eigenvalue weighted by Gasteiger charge is 2.53. The molecule has 2 atom stereocenters. The maximum Gasteiger partial charge on any atom is 0.344 e. The zero-order valence-corrected chi connectivity index (χ0v) is 20.3. The SMILES string of the molecule is CC[C@@]1(c2ccccc2)NC(=O)N(NC(=O)CN2C(=O)N[C@@](C)(c3ccc4ccccc4c3)C2=O)C1=O. The van der Waals surface area contributed by atoms with Gasteiger partial charge in [-0.1, -0.05) is 73.7 Å². The summed E-state index contributed by atoms with van der Waals surface area (Å²) in [4.78, 5) is 65.5. The Bertz CT molecular complexity index is 1460. The van der Waals surface area contributed by atoms with E-state index < -0.39 is 47.4 Å². The van der Waals surface area contributed by atoms with Crippen molar-refractivity contribution in [1.82, 2.24) is 26.0 Å². The summed E-state index contributed by atoms with van der Waals surface area (Å²) in [7, 11) is 0. The largest absolute Gasteiger partial charge is 0.344 e. The van der Waals surface area contributed by atoms with Crippen molar-refractivity contribution in [2.24, 2.45) is 0 Å². The smallest absolute Gasteiger partial charge is 0.319 e. The Morgan fingerprint density at radius 1 is 0.811 bits per heavy atom. The standard InChI is InChI=1S/C27H25N5O5/c1-3-27(19-11-5-4-6-12-19)23(35)32(25(37)29-27)30-21(33)16-31-22(34)26(2,28-24(31)36)20-14-13-17-9-7-8-10-18(17)15-20/h4-15H,3,16H2,1-2H3,(H,28,36)(H,29,37)(H,30,33)/t26-,27-/m0/s1. The molecule has 2 heterocycles. The number of benzene rings is 3. The molecule has 2 fully saturated rings. The van der Waals surface area contributed by atoms with Crippen LogP contribution in [0.25, 0.3) is 10.8 Å². The monoisotopic (exact) mass is 499 g/mol. The topological polar surface area (TPSA) is 128 Å². The van der Waals surface area contributed by atoms with Crippen molar-refractivity contribution in [1.29, 1.82) is 0 Å². The van der Waals surface area contributed by atoms with Crippen LogP contribution < -0.4 is 16.1 Å². The summed E-state index contributed by atoms with van der Waals surface area (Å²) >= 11 is 0. The lowest BCUT2D eigenvalue weighted by Crippen LogP contribution is -2.52. The number of imide groups is 2. The molecule has 7 amide bonds. The zero-order chi connectivity index (χ0) is 26.4. The first-order valence-corrected chi connectivity index (χ1v) is 11.8. The van der Waals surface area contributed by atoms with Crippen molar-refractivity contribution in [3.8, 4) is 0 Å². The minimum absolute atomic E-state index is 0.255. The van der Waals surface area contributed by atoms with Crippen molar-refractivity contribution in [3.05, 3.63) is 83.9 Å². The Balaban J connectivity index is 1.32. The molecule has 0 bridgehead atoms. The molecule has 5 rings (SSSR count). The molecule has 3 aromatic rings. The van der Waals surface area contributed by atoms with Gasteiger partial charge in [0.2, 0.25) is 0 Å². The van der Waals surface area contributed by atoms with Gasteiger partial charge in [0.1, 0.15) is 17.6 Å². The van der Waals surface area contributed by atoms with Gasteiger partial charge in [-0.2, -0.15) is 5.01 Å². The highest BCUT2D eigenvalue weighted by atomic mass is 16.2. The van der Waals surface area contributed by atoms with E-state index in [-0.39, 0.29) is 6.42 Å². The van der Waals surface area contributed by atoms with Gasteiger partial charge < -0.3 is 10.6 Å². The zero-order valence-electron chi connectivity index (χ0n) is 20.3. The Morgan fingerprint density at radius 3 is 2.19 bits per heavy atom. The molecule has 2 saturated heterocycles. The predicted molar refractivity (Wildman–Crippen MR) is 133 cm³/mol. The molecule has 0 radical (unpaired) electrons. The molecule has 188 valence electrons. The Labute approximate surface area is 212 Å². The van der Waals surface area contributed by atoms with Gasteiger partial charge in [-0.15, -0.1) is 0 Å². The molecule has 37 heavy (non-hydrogen) atoms. The van der Waals surface area contributed by atoms with E-state index in [1.807, 2.05) is 36.4 Å². The van der Waals surface area contributed by atoms with Crippen LogP contribution in [-0.2, 0) is 25.5 Å². The first-order valence-electron chi connectivity index (χ1n) is 11.8. The molecule has 10 heteroatoms. The third kappa shape index (κ3) is 3.77. The fourth-order valence-electron chi connectivity index (χ4n) is 4.88. The second kappa shape index (κ2) is 8.74. The summed E-state index contributed by atoms with van der Waals surface area (Å²) in [6.45, 7) is 2.65. The lowest BCUT2D eigenvalue weighted by Gasteiger charge is -2.25. The van der Waals surface area contributed by atoms with E-state index in [4.69, 9.17) is 0 Å². The Kier molecular flexibility index (Phi) is 5.66. The van der Waals surface area contributed by atoms with Gasteiger partial charge in [-0.25, -0.2) is 9.59 Å². The molecule has 0 aromatic heterocycles. The van der Waals surface area contributed by atoms with Crippen LogP contribution in [0.1, 0.15) is 31.4 Å². The molecule has 10 nitrogen and oxygen atoms in total. The number of nitrogens with zero attached hydrogens (tertiary/aromatic N) is 2. The first-order chi connectivity index (χ1) is 17.7. The Morgan fingerprint density at radius 2 is 1.49 bits per heavy atom. The fraction of sp³-hybridized carbons (Fsp3) is 0.222. The van der Waals surface area contributed by atoms with Crippen LogP contribution >= 0.6 is 0 Å². The van der Waals surface area contributed by atoms with Gasteiger partial charge in [0, 0.05) is 0 Å². The summed E-state index contributed by atoms with van der Waals surface area (Å²) in [6.07, 6.45) is 0.255. The van der Waals surface area contributed by atoms with Crippen LogP contribution in [0.4, 0.5) is 9.59 Å². The molecular weight excluding hydrogens is 474 g/mol. The molecule has 2 aliphatic heterocycles. The van der Waals surface area contributed by atoms with Crippen molar-refractivity contribution in [3.63, 3.8) is 0 Å². The molecule has 2 aliphatic rings. The second-order valence-electron chi connectivity index (χ2n) is 9.24. The maximum atomic E-state index is 13.3. The molecular formula is C27H25N5O5. The number of nitrogens with one attached hydrogen (secondary N) is 3. The quantitative estimate of drug-likeness (QED) is 0.449. The van der Waals surface area contributed by atoms with E-state index in [1.165, 1.54) is 0 Å². The Hall–Kier alpha value is -4.73. The summed E-state index contributed by atoms with van der Waals surface area (Å²) in [5, 5.41) is 7.81. The lowest BCUT2D eigenvalue weighted by molar-refractivity contribution is -0.141. The molecule has 0 saturated carbocycles. The number of carbonyl (C=O) groups excluding carboxylic acids is 5. The van der Waals surface area contributed by atoms with Crippen LogP contribution in [-0.4, -0.2) is 46.2 Å². The summed E-state index contributed by atoms with van der Waals surface area (Å²) in [6, 6.07) is 20.2. The van der Waals surface area contributed by atoms with Gasteiger partial charge in [-0.3, -0.25) is 24.7 Å². The number of hydrogen-bond donors (Lipinski definition) is 3. The van der Waals surface area contributed by atoms with E-state index in [2.05, 4.69) is 16.1 Å². The van der Waals surface area contributed by atoms with Crippen molar-refractivity contribution in [2.45, 2.75) is 31.3 Å². The van der Waals surface area contributed by atoms with Gasteiger partial charge in [0.15, 0.2) is 0 Å². The van der Waals surface area contributed by atoms with Gasteiger partial charge in [-0.05, 0) is 41.3 Å². The first kappa shape index (κ1) is 24.0. The van der Waals surface area contributed by atoms with Crippen molar-refractivity contribution < 1.29 is 24.0 Å². The predicted octanol–water partition coefficient (Wildman–Crippen LogP) is 2.50. The fourth-order valence-corrected chi connectivity index (χ4v) is 4.88. The molecule has 0 spiro atoms. The van der Waals surface area contributed by atoms with E-state index in [9.17, 15) is 24.0 Å². The normalized spacial score (nSPS) is 23.4. The minimum Gasteiger partial charge on any atom is -0.319 e. The van der Waals surface area contributed by atoms with Gasteiger partial charge in [0.05, 0.1) is 0 Å². The minimum atomic E-state index is -1.38. The third-order valence-electron chi connectivity index (χ3n) is 7.03. The van der Waals surface area contributed by atoms with Crippen molar-refractivity contribution in [2.75, 3.05) is 6.54 Å². The summed E-state index contributed by atoms with van der Waals surface area (Å²) < 4.78 is 0. The van der Waals surface area contributed by atoms with Crippen LogP contribution in [0.2, 0.25) is 0 Å². The number of carbonyl (C=O) groups is 5. The average Bonchev–Trinajstić information content (AvgIpc) is 3.28. The number of hydrazine groups is 1. The average molecular weight is 500 g/mol. The molecule has 3 aromatic carbocycles. The molecule has 0 aliphatic carbocycles. The van der Waals surface area contributed by atoms with Gasteiger partial charge in [0.25, 0.3) is 17.7 Å². The second-order valence-corrected chi connectivity index (χ2v) is 9.24. The van der Waals surface area contributed by atoms with Crippen LogP contribution in [0.15, 0.2) is 72.8 Å². The van der Waals surface area contributed by atoms with Crippen LogP contribution in [0, 0.1) is 0 Å².